The van der Waals surface area contributed by atoms with E-state index in [0.717, 1.165) is 0 Å². The molecule has 0 aromatic heterocycles. The first kappa shape index (κ1) is 22.6. The standard InChI is InChI=1S/C29H13N4O2/c1-32-24(16-30)26-18-10-6-8-12-20(18)28(34)22(26)14-4-3-5-15-23-27(25(17-31)33-2)19-11-7-9-13-21(19)29(23)35/h3-15H/q-1/b4-3+,15-5+,22-14-,26-24+. The van der Waals surface area contributed by atoms with Crippen LogP contribution in [0.2, 0.25) is 0 Å². The Hall–Kier alpha value is -5.60. The number of nitriles is 1. The molecule has 0 saturated heterocycles. The zero-order valence-corrected chi connectivity index (χ0v) is 18.1. The van der Waals surface area contributed by atoms with Gasteiger partial charge in [0.15, 0.2) is 11.6 Å². The van der Waals surface area contributed by atoms with Crippen molar-refractivity contribution in [3.63, 3.8) is 0 Å². The number of allylic oxidation sites excluding steroid dienone is 10. The van der Waals surface area contributed by atoms with Crippen LogP contribution in [0, 0.1) is 24.5 Å². The zero-order chi connectivity index (χ0) is 24.9. The summed E-state index contributed by atoms with van der Waals surface area (Å²) in [5.74, 6) is 1.30. The lowest BCUT2D eigenvalue weighted by Crippen LogP contribution is -1.96. The van der Waals surface area contributed by atoms with Gasteiger partial charge in [-0.25, -0.2) is 15.0 Å². The van der Waals surface area contributed by atoms with Gasteiger partial charge in [0, 0.05) is 33.4 Å². The molecule has 0 spiro atoms. The minimum absolute atomic E-state index is 0.165. The van der Waals surface area contributed by atoms with Gasteiger partial charge in [0.2, 0.25) is 5.70 Å². The van der Waals surface area contributed by atoms with Gasteiger partial charge in [-0.15, -0.1) is 0 Å². The molecule has 4 rings (SSSR count). The summed E-state index contributed by atoms with van der Waals surface area (Å²) in [6, 6.07) is 15.5. The molecule has 0 N–H and O–H groups in total. The highest BCUT2D eigenvalue weighted by molar-refractivity contribution is 6.28. The van der Waals surface area contributed by atoms with E-state index >= 15 is 0 Å². The van der Waals surface area contributed by atoms with Crippen molar-refractivity contribution < 1.29 is 9.59 Å². The zero-order valence-electron chi connectivity index (χ0n) is 18.1. The van der Waals surface area contributed by atoms with Crippen LogP contribution in [0.4, 0.5) is 0 Å². The number of ketones is 2. The molecule has 6 nitrogen and oxygen atoms in total. The Bertz CT molecular complexity index is 1630. The maximum atomic E-state index is 12.9. The van der Waals surface area contributed by atoms with E-state index in [9.17, 15) is 20.3 Å². The average Bonchev–Trinajstić information content (AvgIpc) is 3.33. The van der Waals surface area contributed by atoms with Gasteiger partial charge in [0.05, 0.1) is 19.2 Å². The van der Waals surface area contributed by atoms with Crippen molar-refractivity contribution in [2.45, 2.75) is 0 Å². The van der Waals surface area contributed by atoms with Gasteiger partial charge in [0.1, 0.15) is 0 Å². The van der Waals surface area contributed by atoms with Crippen LogP contribution >= 0.6 is 0 Å². The molecule has 2 aliphatic rings. The van der Waals surface area contributed by atoms with E-state index in [2.05, 4.69) is 9.69 Å². The number of carbonyl (C=O) groups is 2. The molecule has 2 aromatic rings. The summed E-state index contributed by atoms with van der Waals surface area (Å²) < 4.78 is 0. The van der Waals surface area contributed by atoms with Gasteiger partial charge in [0.25, 0.3) is 5.70 Å². The quantitative estimate of drug-likeness (QED) is 0.195. The van der Waals surface area contributed by atoms with Gasteiger partial charge in [-0.1, -0.05) is 78.9 Å². The SMILES string of the molecule is [C-]#[N+]C(=C=[N-])C1=C(/C=C/C=C/C=C2\C(=O)c3ccccc3\C2=C(\C#N)[N+]#[C-])C(=O)c2ccccc21. The Labute approximate surface area is 201 Å². The summed E-state index contributed by atoms with van der Waals surface area (Å²) in [5.41, 5.74) is 2.69. The number of hydrogen-bond donors (Lipinski definition) is 0. The van der Waals surface area contributed by atoms with Crippen LogP contribution in [0.1, 0.15) is 31.8 Å². The Balaban J connectivity index is 1.71. The van der Waals surface area contributed by atoms with E-state index in [1.54, 1.807) is 66.8 Å². The van der Waals surface area contributed by atoms with E-state index < -0.39 is 0 Å². The fourth-order valence-corrected chi connectivity index (χ4v) is 4.08. The predicted octanol–water partition coefficient (Wildman–Crippen LogP) is 5.77. The highest BCUT2D eigenvalue weighted by Crippen LogP contribution is 2.39. The van der Waals surface area contributed by atoms with E-state index in [0.29, 0.717) is 33.4 Å². The second-order valence-corrected chi connectivity index (χ2v) is 7.38. The first-order valence-electron chi connectivity index (χ1n) is 10.3. The van der Waals surface area contributed by atoms with Crippen molar-refractivity contribution in [2.24, 2.45) is 0 Å². The average molecular weight is 449 g/mol. The summed E-state index contributed by atoms with van der Waals surface area (Å²) in [7, 11) is 0. The molecule has 0 aliphatic heterocycles. The minimum atomic E-state index is -0.280. The third-order valence-electron chi connectivity index (χ3n) is 5.57. The van der Waals surface area contributed by atoms with Crippen LogP contribution in [0.15, 0.2) is 101 Å². The molecule has 2 aliphatic carbocycles. The van der Waals surface area contributed by atoms with Gasteiger partial charge >= 0.3 is 0 Å². The van der Waals surface area contributed by atoms with Crippen molar-refractivity contribution in [1.29, 1.82) is 5.26 Å². The molecule has 0 atom stereocenters. The number of rotatable bonds is 4. The Morgan fingerprint density at radius 3 is 2.09 bits per heavy atom. The van der Waals surface area contributed by atoms with Crippen LogP contribution in [0.25, 0.3) is 26.2 Å². The number of benzene rings is 2. The van der Waals surface area contributed by atoms with Crippen molar-refractivity contribution in [2.75, 3.05) is 0 Å². The highest BCUT2D eigenvalue weighted by Gasteiger charge is 2.31. The normalized spacial score (nSPS) is 16.7. The van der Waals surface area contributed by atoms with Gasteiger partial charge in [-0.3, -0.25) is 15.5 Å². The summed E-state index contributed by atoms with van der Waals surface area (Å²) in [6.07, 6.45) is 7.79. The van der Waals surface area contributed by atoms with Crippen LogP contribution in [0.5, 0.6) is 0 Å². The number of fused-ring (bicyclic) bond motifs is 2. The highest BCUT2D eigenvalue weighted by atomic mass is 16.1. The number of nitrogens with zero attached hydrogens (tertiary/aromatic N) is 4. The van der Waals surface area contributed by atoms with Gasteiger partial charge in [-0.05, 0) is 11.1 Å². The molecule has 0 heterocycles. The molecular weight excluding hydrogens is 436 g/mol. The van der Waals surface area contributed by atoms with Crippen LogP contribution < -0.4 is 0 Å². The molecule has 6 heteroatoms. The smallest absolute Gasteiger partial charge is 0.270 e. The molecular formula is C29H13N4O2-. The first-order chi connectivity index (χ1) is 17.1. The fraction of sp³-hybridized carbons (Fsp3) is 0. The van der Waals surface area contributed by atoms with Crippen molar-refractivity contribution in [3.05, 3.63) is 152 Å². The number of carbonyl (C=O) groups excluding carboxylic acids is 2. The Kier molecular flexibility index (Phi) is 6.12. The van der Waals surface area contributed by atoms with Gasteiger partial charge < -0.3 is 5.41 Å². The minimum Gasteiger partial charge on any atom is -0.775 e. The molecule has 0 unspecified atom stereocenters. The largest absolute Gasteiger partial charge is 0.775 e. The summed E-state index contributed by atoms with van der Waals surface area (Å²) in [5, 5.41) is 18.8. The Morgan fingerprint density at radius 1 is 0.857 bits per heavy atom. The second kappa shape index (κ2) is 9.49. The predicted molar refractivity (Wildman–Crippen MR) is 132 cm³/mol. The molecule has 0 bridgehead atoms. The monoisotopic (exact) mass is 449 g/mol. The first-order valence-corrected chi connectivity index (χ1v) is 10.3. The second-order valence-electron chi connectivity index (χ2n) is 7.38. The summed E-state index contributed by atoms with van der Waals surface area (Å²) in [4.78, 5) is 32.3. The van der Waals surface area contributed by atoms with Crippen LogP contribution in [-0.4, -0.2) is 17.4 Å². The van der Waals surface area contributed by atoms with Crippen molar-refractivity contribution in [1.82, 2.24) is 0 Å². The van der Waals surface area contributed by atoms with Crippen molar-refractivity contribution >= 4 is 28.6 Å². The summed E-state index contributed by atoms with van der Waals surface area (Å²) >= 11 is 0. The number of Topliss-reactive ketones (excluding diaryl/α,β-unsaturated/α-hetero) is 2. The maximum Gasteiger partial charge on any atom is 0.270 e. The van der Waals surface area contributed by atoms with Crippen molar-refractivity contribution in [3.8, 4) is 6.07 Å². The summed E-state index contributed by atoms with van der Waals surface area (Å²) in [6.45, 7) is 14.6. The molecule has 0 fully saturated rings. The van der Waals surface area contributed by atoms with E-state index in [-0.39, 0.29) is 34.1 Å². The van der Waals surface area contributed by atoms with E-state index in [4.69, 9.17) is 13.1 Å². The molecule has 0 radical (unpaired) electrons. The lowest BCUT2D eigenvalue weighted by Gasteiger charge is -2.03. The lowest BCUT2D eigenvalue weighted by molar-refractivity contribution is 0.103. The molecule has 2 aromatic carbocycles. The third kappa shape index (κ3) is 3.78. The van der Waals surface area contributed by atoms with Gasteiger partial charge in [-0.2, -0.15) is 0 Å². The maximum absolute atomic E-state index is 12.9. The molecule has 0 amide bonds. The lowest BCUT2D eigenvalue weighted by atomic mass is 10.0. The topological polar surface area (TPSA) is 89.0 Å². The molecule has 0 saturated carbocycles. The van der Waals surface area contributed by atoms with Crippen LogP contribution in [-0.2, 0) is 0 Å². The van der Waals surface area contributed by atoms with Crippen LogP contribution in [0.3, 0.4) is 0 Å². The number of hydrogen-bond acceptors (Lipinski definition) is 3. The third-order valence-corrected chi connectivity index (χ3v) is 5.57. The molecule has 162 valence electrons. The van der Waals surface area contributed by atoms with E-state index in [1.165, 1.54) is 12.2 Å². The fourth-order valence-electron chi connectivity index (χ4n) is 4.08. The molecule has 35 heavy (non-hydrogen) atoms. The Morgan fingerprint density at radius 2 is 1.49 bits per heavy atom. The van der Waals surface area contributed by atoms with E-state index in [1.807, 2.05) is 11.9 Å².